The topological polar surface area (TPSA) is 17.8 Å². The van der Waals surface area contributed by atoms with Crippen LogP contribution in [-0.4, -0.2) is 9.55 Å². The van der Waals surface area contributed by atoms with Crippen LogP contribution in [0.2, 0.25) is 0 Å². The number of nitrogens with zero attached hydrogens (tertiary/aromatic N) is 2. The van der Waals surface area contributed by atoms with Crippen LogP contribution in [0.1, 0.15) is 19.4 Å². The maximum Gasteiger partial charge on any atom is 0.147 e. The molecule has 2 aromatic heterocycles. The molecule has 0 N–H and O–H groups in total. The first-order valence-electron chi connectivity index (χ1n) is 11.1. The molecule has 2 nitrogen and oxygen atoms in total. The van der Waals surface area contributed by atoms with E-state index in [4.69, 9.17) is 4.98 Å². The molecule has 0 atom stereocenters. The summed E-state index contributed by atoms with van der Waals surface area (Å²) in [5.74, 6) is 1.66. The second kappa shape index (κ2) is 7.61. The summed E-state index contributed by atoms with van der Waals surface area (Å²) in [5, 5.41) is 6.02. The fourth-order valence-corrected chi connectivity index (χ4v) is 5.70. The highest BCUT2D eigenvalue weighted by Crippen LogP contribution is 2.38. The predicted octanol–water partition coefficient (Wildman–Crippen LogP) is 8.26. The minimum Gasteiger partial charge on any atom is -0.292 e. The van der Waals surface area contributed by atoms with E-state index in [0.29, 0.717) is 5.92 Å². The molecule has 0 saturated heterocycles. The van der Waals surface area contributed by atoms with Gasteiger partial charge in [-0.15, -0.1) is 11.3 Å². The van der Waals surface area contributed by atoms with Crippen LogP contribution in [0.25, 0.3) is 49.0 Å². The standard InChI is InChI=1S/C29H24N2S/c1-19(2)16-20-14-15-23-24(18-32-28(23)17-20)29-30-25-11-5-6-12-27(25)31(29)26-13-7-9-21-8-3-4-10-22(21)26/h3-15,17-19H,16H2,1-2H3. The van der Waals surface area contributed by atoms with Crippen molar-refractivity contribution in [3.63, 3.8) is 0 Å². The summed E-state index contributed by atoms with van der Waals surface area (Å²) in [6, 6.07) is 30.5. The molecule has 0 unspecified atom stereocenters. The number of rotatable bonds is 4. The van der Waals surface area contributed by atoms with E-state index in [9.17, 15) is 0 Å². The molecule has 32 heavy (non-hydrogen) atoms. The van der Waals surface area contributed by atoms with E-state index in [1.165, 1.54) is 37.7 Å². The highest BCUT2D eigenvalue weighted by atomic mass is 32.1. The van der Waals surface area contributed by atoms with Gasteiger partial charge in [-0.05, 0) is 47.6 Å². The van der Waals surface area contributed by atoms with E-state index in [-0.39, 0.29) is 0 Å². The third-order valence-corrected chi connectivity index (χ3v) is 7.04. The van der Waals surface area contributed by atoms with Crippen molar-refractivity contribution >= 4 is 43.2 Å². The second-order valence-electron chi connectivity index (χ2n) is 8.84. The van der Waals surface area contributed by atoms with Gasteiger partial charge >= 0.3 is 0 Å². The number of para-hydroxylation sites is 2. The van der Waals surface area contributed by atoms with Crippen molar-refractivity contribution in [2.24, 2.45) is 5.92 Å². The minimum atomic E-state index is 0.655. The smallest absolute Gasteiger partial charge is 0.147 e. The monoisotopic (exact) mass is 432 g/mol. The SMILES string of the molecule is CC(C)Cc1ccc2c(-c3nc4ccccc4n3-c3cccc4ccccc34)csc2c1. The first-order chi connectivity index (χ1) is 15.7. The first kappa shape index (κ1) is 19.3. The number of fused-ring (bicyclic) bond motifs is 3. The molecule has 0 aliphatic carbocycles. The second-order valence-corrected chi connectivity index (χ2v) is 9.75. The van der Waals surface area contributed by atoms with Crippen molar-refractivity contribution in [3.8, 4) is 17.1 Å². The summed E-state index contributed by atoms with van der Waals surface area (Å²) in [7, 11) is 0. The Balaban J connectivity index is 1.63. The van der Waals surface area contributed by atoms with Crippen LogP contribution in [-0.2, 0) is 6.42 Å². The fraction of sp³-hybridized carbons (Fsp3) is 0.138. The summed E-state index contributed by atoms with van der Waals surface area (Å²) in [6.07, 6.45) is 1.11. The van der Waals surface area contributed by atoms with E-state index in [1.807, 2.05) is 11.3 Å². The van der Waals surface area contributed by atoms with Gasteiger partial charge in [-0.2, -0.15) is 0 Å². The summed E-state index contributed by atoms with van der Waals surface area (Å²) < 4.78 is 3.66. The van der Waals surface area contributed by atoms with Gasteiger partial charge < -0.3 is 0 Å². The third kappa shape index (κ3) is 3.12. The van der Waals surface area contributed by atoms with Crippen LogP contribution >= 0.6 is 11.3 Å². The van der Waals surface area contributed by atoms with Gasteiger partial charge in [0.1, 0.15) is 5.82 Å². The average Bonchev–Trinajstić information content (AvgIpc) is 3.39. The first-order valence-corrected chi connectivity index (χ1v) is 12.0. The Kier molecular flexibility index (Phi) is 4.58. The number of benzene rings is 4. The molecule has 0 radical (unpaired) electrons. The Morgan fingerprint density at radius 2 is 1.66 bits per heavy atom. The molecule has 0 fully saturated rings. The quantitative estimate of drug-likeness (QED) is 0.274. The van der Waals surface area contributed by atoms with Crippen molar-refractivity contribution in [3.05, 3.63) is 95.9 Å². The van der Waals surface area contributed by atoms with E-state index < -0.39 is 0 Å². The molecule has 0 spiro atoms. The Morgan fingerprint density at radius 3 is 2.56 bits per heavy atom. The zero-order chi connectivity index (χ0) is 21.7. The van der Waals surface area contributed by atoms with Crippen LogP contribution in [0.5, 0.6) is 0 Å². The van der Waals surface area contributed by atoms with Crippen LogP contribution in [0.4, 0.5) is 0 Å². The van der Waals surface area contributed by atoms with E-state index in [0.717, 1.165) is 23.3 Å². The minimum absolute atomic E-state index is 0.655. The molecule has 3 heteroatoms. The molecule has 156 valence electrons. The zero-order valence-corrected chi connectivity index (χ0v) is 19.1. The highest BCUT2D eigenvalue weighted by Gasteiger charge is 2.19. The van der Waals surface area contributed by atoms with Crippen molar-refractivity contribution < 1.29 is 0 Å². The highest BCUT2D eigenvalue weighted by molar-refractivity contribution is 7.17. The molecule has 0 aliphatic rings. The van der Waals surface area contributed by atoms with Crippen molar-refractivity contribution in [2.45, 2.75) is 20.3 Å². The largest absolute Gasteiger partial charge is 0.292 e. The third-order valence-electron chi connectivity index (χ3n) is 6.09. The van der Waals surface area contributed by atoms with Crippen molar-refractivity contribution in [1.82, 2.24) is 9.55 Å². The van der Waals surface area contributed by atoms with Gasteiger partial charge in [-0.1, -0.05) is 74.5 Å². The van der Waals surface area contributed by atoms with Gasteiger partial charge in [-0.25, -0.2) is 4.98 Å². The molecule has 0 aliphatic heterocycles. The summed E-state index contributed by atoms with van der Waals surface area (Å²) in [5.41, 5.74) is 5.93. The number of imidazole rings is 1. The normalized spacial score (nSPS) is 11.8. The van der Waals surface area contributed by atoms with E-state index in [2.05, 4.69) is 109 Å². The average molecular weight is 433 g/mol. The maximum atomic E-state index is 5.13. The number of aromatic nitrogens is 2. The Hall–Kier alpha value is -3.43. The fourth-order valence-electron chi connectivity index (χ4n) is 4.70. The number of thiophene rings is 1. The molecule has 0 saturated carbocycles. The Labute approximate surface area is 191 Å². The van der Waals surface area contributed by atoms with Crippen LogP contribution in [0.15, 0.2) is 90.3 Å². The van der Waals surface area contributed by atoms with Gasteiger partial charge in [0.2, 0.25) is 0 Å². The molecule has 0 amide bonds. The molecule has 2 heterocycles. The van der Waals surface area contributed by atoms with Gasteiger partial charge in [0, 0.05) is 26.4 Å². The molecule has 4 aromatic carbocycles. The predicted molar refractivity (Wildman–Crippen MR) is 138 cm³/mol. The lowest BCUT2D eigenvalue weighted by molar-refractivity contribution is 0.648. The Bertz CT molecular complexity index is 1580. The van der Waals surface area contributed by atoms with Gasteiger partial charge in [-0.3, -0.25) is 4.57 Å². The van der Waals surface area contributed by atoms with Gasteiger partial charge in [0.15, 0.2) is 0 Å². The van der Waals surface area contributed by atoms with Gasteiger partial charge in [0.25, 0.3) is 0 Å². The lowest BCUT2D eigenvalue weighted by atomic mass is 10.0. The molecular weight excluding hydrogens is 408 g/mol. The number of hydrogen-bond donors (Lipinski definition) is 0. The zero-order valence-electron chi connectivity index (χ0n) is 18.2. The number of hydrogen-bond acceptors (Lipinski definition) is 2. The summed E-state index contributed by atoms with van der Waals surface area (Å²) in [4.78, 5) is 5.13. The van der Waals surface area contributed by atoms with Gasteiger partial charge in [0.05, 0.1) is 16.7 Å². The van der Waals surface area contributed by atoms with Crippen molar-refractivity contribution in [1.29, 1.82) is 0 Å². The summed E-state index contributed by atoms with van der Waals surface area (Å²) in [6.45, 7) is 4.55. The lowest BCUT2D eigenvalue weighted by Gasteiger charge is -2.12. The van der Waals surface area contributed by atoms with E-state index >= 15 is 0 Å². The molecular formula is C29H24N2S. The molecule has 6 aromatic rings. The van der Waals surface area contributed by atoms with E-state index in [1.54, 1.807) is 0 Å². The maximum absolute atomic E-state index is 5.13. The van der Waals surface area contributed by atoms with Crippen LogP contribution in [0.3, 0.4) is 0 Å². The molecule has 6 rings (SSSR count). The lowest BCUT2D eigenvalue weighted by Crippen LogP contribution is -1.98. The molecule has 0 bridgehead atoms. The summed E-state index contributed by atoms with van der Waals surface area (Å²) >= 11 is 1.81. The van der Waals surface area contributed by atoms with Crippen LogP contribution in [0, 0.1) is 5.92 Å². The Morgan fingerprint density at radius 1 is 0.844 bits per heavy atom. The van der Waals surface area contributed by atoms with Crippen LogP contribution < -0.4 is 0 Å². The van der Waals surface area contributed by atoms with Crippen molar-refractivity contribution in [2.75, 3.05) is 0 Å².